The molecule has 4 aromatic carbocycles. The van der Waals surface area contributed by atoms with E-state index in [9.17, 15) is 34.2 Å². The molecule has 88 heavy (non-hydrogen) atoms. The Morgan fingerprint density at radius 1 is 0.693 bits per heavy atom. The maximum absolute atomic E-state index is 13.4. The van der Waals surface area contributed by atoms with E-state index in [1.165, 1.54) is 24.3 Å². The Hall–Kier alpha value is -7.75. The Bertz CT molecular complexity index is 3500. The number of rotatable bonds is 12. The normalized spacial score (nSPS) is 21.1. The SMILES string of the molecule is C[C-]=O.Cc1ccc(OC[C@H](O)CN=C2N=CCC(=O)C2=C2Cc3cc4c(cc3N2)C(=O)N(C2CCN(C)CC2)C4=O)c(C)c1.Cc1ccc(OC[C@H](O)CNC2=NCCC(=O)C2=C2Cc3cc4c(cc3N2)CN(C2CCN(C)CC2)C4=O)c(C)c1.[O]=[Zn]. The first kappa shape index (κ1) is 64.7. The average Bonchev–Trinajstić information content (AvgIpc) is 1.69. The first-order chi connectivity index (χ1) is 42.4. The number of nitrogens with one attached hydrogen (secondary N) is 3. The molecular weight excluding hydrogens is 1170 g/mol. The minimum atomic E-state index is -0.891. The van der Waals surface area contributed by atoms with Crippen LogP contribution >= 0.6 is 0 Å². The Kier molecular flexibility index (Phi) is 21.4. The molecule has 8 aliphatic rings. The van der Waals surface area contributed by atoms with Crippen LogP contribution in [0.2, 0.25) is 0 Å². The molecule has 0 spiro atoms. The predicted molar refractivity (Wildman–Crippen MR) is 330 cm³/mol. The Labute approximate surface area is 523 Å². The summed E-state index contributed by atoms with van der Waals surface area (Å²) >= 11 is 0.125. The van der Waals surface area contributed by atoms with Gasteiger partial charge in [0.2, 0.25) is 0 Å². The summed E-state index contributed by atoms with van der Waals surface area (Å²) in [6.45, 7) is 14.5. The molecule has 22 heteroatoms. The van der Waals surface area contributed by atoms with Crippen molar-refractivity contribution in [3.05, 3.63) is 139 Å². The second kappa shape index (κ2) is 29.0. The van der Waals surface area contributed by atoms with Gasteiger partial charge in [0, 0.05) is 91.9 Å². The number of amides is 3. The van der Waals surface area contributed by atoms with E-state index in [4.69, 9.17) is 17.8 Å². The van der Waals surface area contributed by atoms with Crippen molar-refractivity contribution in [2.24, 2.45) is 15.0 Å². The molecule has 0 saturated carbocycles. The van der Waals surface area contributed by atoms with E-state index < -0.39 is 12.2 Å². The summed E-state index contributed by atoms with van der Waals surface area (Å²) in [6.07, 6.45) is 6.32. The van der Waals surface area contributed by atoms with Crippen molar-refractivity contribution in [2.45, 2.75) is 117 Å². The number of nitrogens with zero attached hydrogens (tertiary/aromatic N) is 7. The number of hydrogen-bond acceptors (Lipinski definition) is 18. The minimum absolute atomic E-state index is 0.0126. The zero-order chi connectivity index (χ0) is 62.9. The van der Waals surface area contributed by atoms with Crippen molar-refractivity contribution < 1.29 is 70.3 Å². The maximum atomic E-state index is 13.4. The summed E-state index contributed by atoms with van der Waals surface area (Å²) < 4.78 is 20.0. The number of anilines is 2. The number of ketones is 2. The summed E-state index contributed by atoms with van der Waals surface area (Å²) in [4.78, 5) is 96.3. The number of imide groups is 1. The molecule has 2 saturated heterocycles. The number of likely N-dealkylation sites (tertiary alicyclic amines) is 2. The number of hydrogen-bond donors (Lipinski definition) is 5. The Balaban J connectivity index is 0.000000195. The van der Waals surface area contributed by atoms with E-state index in [-0.39, 0.29) is 98.2 Å². The molecule has 5 N–H and O–H groups in total. The molecular formula is C66H77N10O11Zn-. The summed E-state index contributed by atoms with van der Waals surface area (Å²) in [7, 11) is 4.18. The average molecular weight is 1250 g/mol. The molecule has 8 aliphatic heterocycles. The first-order valence-corrected chi connectivity index (χ1v) is 31.2. The van der Waals surface area contributed by atoms with E-state index >= 15 is 0 Å². The molecule has 4 aromatic rings. The van der Waals surface area contributed by atoms with Gasteiger partial charge in [0.25, 0.3) is 17.7 Å². The van der Waals surface area contributed by atoms with Gasteiger partial charge in [-0.2, -0.15) is 6.92 Å². The zero-order valence-corrected chi connectivity index (χ0v) is 54.3. The van der Waals surface area contributed by atoms with Crippen molar-refractivity contribution in [3.63, 3.8) is 0 Å². The summed E-state index contributed by atoms with van der Waals surface area (Å²) in [5, 5.41) is 31.1. The number of aliphatic imine (C=N–C) groups is 3. The van der Waals surface area contributed by atoms with E-state index in [0.717, 1.165) is 114 Å². The van der Waals surface area contributed by atoms with Crippen molar-refractivity contribution in [1.82, 2.24) is 24.9 Å². The number of amidine groups is 2. The molecule has 460 valence electrons. The van der Waals surface area contributed by atoms with Gasteiger partial charge in [0.1, 0.15) is 42.8 Å². The number of carbonyl (C=O) groups excluding carboxylic acids is 6. The zero-order valence-electron chi connectivity index (χ0n) is 51.3. The van der Waals surface area contributed by atoms with Crippen LogP contribution in [0.4, 0.5) is 11.4 Å². The first-order valence-electron chi connectivity index (χ1n) is 30.0. The van der Waals surface area contributed by atoms with Gasteiger partial charge in [-0.25, -0.2) is 4.99 Å². The molecule has 12 rings (SSSR count). The summed E-state index contributed by atoms with van der Waals surface area (Å²) in [5.41, 5.74) is 12.8. The number of fused-ring (bicyclic) bond motifs is 4. The van der Waals surface area contributed by atoms with Crippen LogP contribution in [-0.4, -0.2) is 181 Å². The van der Waals surface area contributed by atoms with Crippen LogP contribution in [0, 0.1) is 27.7 Å². The topological polar surface area (TPSA) is 265 Å². The molecule has 8 heterocycles. The van der Waals surface area contributed by atoms with Crippen molar-refractivity contribution in [2.75, 3.05) is 83.8 Å². The van der Waals surface area contributed by atoms with Crippen molar-refractivity contribution in [3.8, 4) is 11.5 Å². The number of benzene rings is 4. The summed E-state index contributed by atoms with van der Waals surface area (Å²) in [6, 6.07) is 19.6. The van der Waals surface area contributed by atoms with E-state index in [2.05, 4.69) is 53.8 Å². The molecule has 2 atom stereocenters. The van der Waals surface area contributed by atoms with Crippen LogP contribution in [0.25, 0.3) is 0 Å². The van der Waals surface area contributed by atoms with Crippen LogP contribution < -0.4 is 25.4 Å². The number of aliphatic hydroxyl groups excluding tert-OH is 2. The van der Waals surface area contributed by atoms with Crippen LogP contribution in [-0.2, 0) is 55.6 Å². The Morgan fingerprint density at radius 3 is 1.82 bits per heavy atom. The van der Waals surface area contributed by atoms with Gasteiger partial charge < -0.3 is 55.1 Å². The monoisotopic (exact) mass is 1250 g/mol. The number of ether oxygens (including phenoxy) is 2. The van der Waals surface area contributed by atoms with Crippen LogP contribution in [0.3, 0.4) is 0 Å². The van der Waals surface area contributed by atoms with Gasteiger partial charge in [0.05, 0.1) is 28.8 Å². The quantitative estimate of drug-likeness (QED) is 0.0467. The molecule has 0 bridgehead atoms. The molecule has 0 unspecified atom stereocenters. The van der Waals surface area contributed by atoms with Gasteiger partial charge in [0.15, 0.2) is 17.4 Å². The van der Waals surface area contributed by atoms with Gasteiger partial charge in [-0.05, 0) is 158 Å². The number of piperidine rings is 2. The third kappa shape index (κ3) is 14.7. The van der Waals surface area contributed by atoms with E-state index in [1.807, 2.05) is 82.1 Å². The van der Waals surface area contributed by atoms with E-state index in [1.54, 1.807) is 12.1 Å². The summed E-state index contributed by atoms with van der Waals surface area (Å²) in [5.74, 6) is 1.71. The molecule has 0 radical (unpaired) electrons. The van der Waals surface area contributed by atoms with Crippen molar-refractivity contribution in [1.29, 1.82) is 0 Å². The Morgan fingerprint density at radius 2 is 1.23 bits per heavy atom. The number of Topliss-reactive ketones (excluding diaryl/α,β-unsaturated/α-hetero) is 2. The van der Waals surface area contributed by atoms with Gasteiger partial charge in [-0.3, -0.25) is 45.1 Å². The van der Waals surface area contributed by atoms with Crippen LogP contribution in [0.15, 0.2) is 98.2 Å². The van der Waals surface area contributed by atoms with Gasteiger partial charge >= 0.3 is 21.8 Å². The predicted octanol–water partition coefficient (Wildman–Crippen LogP) is 6.07. The molecule has 0 aromatic heterocycles. The molecule has 3 amide bonds. The third-order valence-corrected chi connectivity index (χ3v) is 17.0. The van der Waals surface area contributed by atoms with Gasteiger partial charge in [-0.15, -0.1) is 0 Å². The number of allylic oxidation sites excluding steroid dienone is 2. The standard InChI is InChI=1S/C32H35N5O5.C32H39N5O4.C2H3O.O.Zn/c1-18-4-5-28(19(2)12-18)42-17-22(38)16-34-30-29(27(39)6-9-33-30)26-14-20-13-23-24(15-25(20)35-26)32(41)37(31(23)40)21-7-10-36(3)11-8-21;1-19-4-5-29(20(2)12-19)41-18-24(38)16-34-31-30(28(39)6-9-33-31)27-14-21-13-25-22(15-26(21)35-27)17-37(32(25)40)23-7-10-36(3)11-8-23;1-2-3;;/h4-5,9,12-13,15,21-22,35,38H,6-8,10-11,14,16-17H2,1-3H3;4-5,12-13,15,23-24,35,38H,6-11,14,16-18H2,1-3H3,(H,33,34);1H3;;/q;;-1;;/t22-;24-;;;/m11.../s1. The second-order valence-corrected chi connectivity index (χ2v) is 23.6. The number of carbonyl (C=O) groups is 5. The van der Waals surface area contributed by atoms with E-state index in [0.29, 0.717) is 77.6 Å². The molecule has 0 aliphatic carbocycles. The third-order valence-electron chi connectivity index (χ3n) is 17.0. The van der Waals surface area contributed by atoms with Crippen LogP contribution in [0.1, 0.15) is 115 Å². The molecule has 2 fully saturated rings. The number of aliphatic hydroxyl groups is 2. The number of aryl methyl sites for hydroxylation is 4. The van der Waals surface area contributed by atoms with Crippen LogP contribution in [0.5, 0.6) is 11.5 Å². The fraction of sp³-hybridized carbons (Fsp3) is 0.439. The second-order valence-electron chi connectivity index (χ2n) is 23.6. The van der Waals surface area contributed by atoms with Crippen molar-refractivity contribution >= 4 is 64.8 Å². The molecule has 21 nitrogen and oxygen atoms in total. The van der Waals surface area contributed by atoms with Gasteiger partial charge in [-0.1, -0.05) is 35.4 Å². The fourth-order valence-corrected chi connectivity index (χ4v) is 12.4. The fourth-order valence-electron chi connectivity index (χ4n) is 12.4.